The molecule has 5 nitrogen and oxygen atoms in total. The quantitative estimate of drug-likeness (QED) is 0.889. The van der Waals surface area contributed by atoms with Crippen LogP contribution in [0.3, 0.4) is 0 Å². The van der Waals surface area contributed by atoms with Gasteiger partial charge in [0, 0.05) is 5.56 Å². The van der Waals surface area contributed by atoms with Crippen LogP contribution >= 0.6 is 0 Å². The number of benzene rings is 2. The fourth-order valence-corrected chi connectivity index (χ4v) is 2.74. The second-order valence-corrected chi connectivity index (χ2v) is 6.25. The molecule has 1 N–H and O–H groups in total. The van der Waals surface area contributed by atoms with E-state index in [1.807, 2.05) is 6.92 Å². The summed E-state index contributed by atoms with van der Waals surface area (Å²) in [7, 11) is 1.43. The lowest BCUT2D eigenvalue weighted by Crippen LogP contribution is -2.56. The average molecular weight is 378 g/mol. The molecule has 27 heavy (non-hydrogen) atoms. The van der Waals surface area contributed by atoms with Gasteiger partial charge < -0.3 is 9.84 Å². The Morgan fingerprint density at radius 2 is 1.74 bits per heavy atom. The number of carbonyl (C=O) groups is 1. The Bertz CT molecular complexity index is 877. The number of carbonyl (C=O) groups excluding carboxylic acids is 1. The minimum Gasteiger partial charge on any atom is -0.497 e. The predicted molar refractivity (Wildman–Crippen MR) is 92.5 cm³/mol. The maximum absolute atomic E-state index is 13.6. The van der Waals surface area contributed by atoms with Crippen LogP contribution in [-0.2, 0) is 0 Å². The number of hydrogen-bond donors (Lipinski definition) is 1. The summed E-state index contributed by atoms with van der Waals surface area (Å²) in [6.07, 6.45) is -5.92. The largest absolute Gasteiger partial charge is 0.497 e. The molecule has 0 unspecified atom stereocenters. The van der Waals surface area contributed by atoms with Crippen molar-refractivity contribution in [1.29, 1.82) is 0 Å². The molecule has 0 spiro atoms. The number of aliphatic hydroxyl groups is 1. The first-order valence-corrected chi connectivity index (χ1v) is 8.08. The van der Waals surface area contributed by atoms with Gasteiger partial charge in [0.2, 0.25) is 0 Å². The van der Waals surface area contributed by atoms with E-state index in [-0.39, 0.29) is 16.3 Å². The van der Waals surface area contributed by atoms with E-state index >= 15 is 0 Å². The average Bonchev–Trinajstić information content (AvgIpc) is 3.00. The van der Waals surface area contributed by atoms with Crippen LogP contribution in [-0.4, -0.2) is 40.7 Å². The number of alkyl halides is 3. The van der Waals surface area contributed by atoms with Crippen molar-refractivity contribution in [3.8, 4) is 5.75 Å². The molecule has 1 aliphatic rings. The van der Waals surface area contributed by atoms with E-state index in [0.717, 1.165) is 5.56 Å². The highest BCUT2D eigenvalue weighted by Crippen LogP contribution is 2.42. The van der Waals surface area contributed by atoms with Crippen molar-refractivity contribution >= 4 is 11.6 Å². The fourth-order valence-electron chi connectivity index (χ4n) is 2.74. The van der Waals surface area contributed by atoms with E-state index in [9.17, 15) is 23.1 Å². The van der Waals surface area contributed by atoms with E-state index in [2.05, 4.69) is 5.10 Å². The molecule has 1 heterocycles. The third kappa shape index (κ3) is 3.40. The Kier molecular flexibility index (Phi) is 4.69. The number of methoxy groups -OCH3 is 1. The lowest BCUT2D eigenvalue weighted by atomic mass is 10.00. The first-order valence-electron chi connectivity index (χ1n) is 8.08. The molecule has 3 rings (SSSR count). The highest BCUT2D eigenvalue weighted by Gasteiger charge is 2.63. The maximum atomic E-state index is 13.6. The van der Waals surface area contributed by atoms with E-state index in [0.29, 0.717) is 11.3 Å². The zero-order chi connectivity index (χ0) is 19.8. The number of nitrogens with zero attached hydrogens (tertiary/aromatic N) is 2. The van der Waals surface area contributed by atoms with Gasteiger partial charge in [-0.1, -0.05) is 29.8 Å². The SMILES string of the molecule is COc1ccc(C(=O)N2N=C(c3ccc(C)cc3)C[C@@]2(O)C(F)(F)F)cc1. The summed E-state index contributed by atoms with van der Waals surface area (Å²) in [5.41, 5.74) is -2.14. The van der Waals surface area contributed by atoms with Gasteiger partial charge in [-0.15, -0.1) is 0 Å². The van der Waals surface area contributed by atoms with Gasteiger partial charge in [0.15, 0.2) is 0 Å². The Hall–Kier alpha value is -2.87. The van der Waals surface area contributed by atoms with Crippen LogP contribution in [0.4, 0.5) is 13.2 Å². The molecule has 0 fully saturated rings. The summed E-state index contributed by atoms with van der Waals surface area (Å²) in [5, 5.41) is 14.3. The van der Waals surface area contributed by atoms with Crippen molar-refractivity contribution in [2.24, 2.45) is 5.10 Å². The highest BCUT2D eigenvalue weighted by molar-refractivity contribution is 6.05. The monoisotopic (exact) mass is 378 g/mol. The molecule has 1 atom stereocenters. The molecular weight excluding hydrogens is 361 g/mol. The Morgan fingerprint density at radius 3 is 2.26 bits per heavy atom. The van der Waals surface area contributed by atoms with Crippen molar-refractivity contribution in [3.63, 3.8) is 0 Å². The van der Waals surface area contributed by atoms with Crippen molar-refractivity contribution in [2.75, 3.05) is 7.11 Å². The van der Waals surface area contributed by atoms with E-state index < -0.39 is 24.2 Å². The van der Waals surface area contributed by atoms with Crippen LogP contribution in [0.5, 0.6) is 5.75 Å². The van der Waals surface area contributed by atoms with Crippen LogP contribution in [0.2, 0.25) is 0 Å². The van der Waals surface area contributed by atoms with Gasteiger partial charge >= 0.3 is 6.18 Å². The molecule has 0 saturated carbocycles. The van der Waals surface area contributed by atoms with Crippen molar-refractivity contribution in [3.05, 3.63) is 65.2 Å². The summed E-state index contributed by atoms with van der Waals surface area (Å²) in [6.45, 7) is 1.84. The summed E-state index contributed by atoms with van der Waals surface area (Å²) < 4.78 is 45.8. The van der Waals surface area contributed by atoms with Gasteiger partial charge in [-0.3, -0.25) is 4.79 Å². The van der Waals surface area contributed by atoms with Crippen LogP contribution in [0.25, 0.3) is 0 Å². The van der Waals surface area contributed by atoms with Crippen LogP contribution in [0, 0.1) is 6.92 Å². The number of ether oxygens (including phenoxy) is 1. The van der Waals surface area contributed by atoms with Gasteiger partial charge in [-0.25, -0.2) is 0 Å². The molecule has 0 radical (unpaired) electrons. The normalized spacial score (nSPS) is 19.8. The summed E-state index contributed by atoms with van der Waals surface area (Å²) >= 11 is 0. The lowest BCUT2D eigenvalue weighted by Gasteiger charge is -2.32. The summed E-state index contributed by atoms with van der Waals surface area (Å²) in [4.78, 5) is 12.7. The molecule has 2 aromatic carbocycles. The standard InChI is InChI=1S/C19H17F3N2O3/c1-12-3-5-13(6-4-12)16-11-18(26,19(20,21)22)24(23-16)17(25)14-7-9-15(27-2)10-8-14/h3-10,26H,11H2,1-2H3/t18-/m1/s1. The van der Waals surface area contributed by atoms with Gasteiger partial charge in [0.25, 0.3) is 11.6 Å². The topological polar surface area (TPSA) is 62.1 Å². The molecule has 0 aliphatic carbocycles. The van der Waals surface area contributed by atoms with Crippen molar-refractivity contribution in [2.45, 2.75) is 25.2 Å². The molecular formula is C19H17F3N2O3. The first kappa shape index (κ1) is 18.9. The fraction of sp³-hybridized carbons (Fsp3) is 0.263. The zero-order valence-corrected chi connectivity index (χ0v) is 14.6. The van der Waals surface area contributed by atoms with Crippen LogP contribution < -0.4 is 4.74 Å². The van der Waals surface area contributed by atoms with Crippen LogP contribution in [0.1, 0.15) is 27.9 Å². The van der Waals surface area contributed by atoms with E-state index in [4.69, 9.17) is 4.74 Å². The highest BCUT2D eigenvalue weighted by atomic mass is 19.4. The molecule has 1 aliphatic heterocycles. The molecule has 2 aromatic rings. The number of amides is 1. The van der Waals surface area contributed by atoms with Crippen molar-refractivity contribution in [1.82, 2.24) is 5.01 Å². The third-order valence-electron chi connectivity index (χ3n) is 4.35. The van der Waals surface area contributed by atoms with E-state index in [1.165, 1.54) is 31.4 Å². The van der Waals surface area contributed by atoms with Gasteiger partial charge in [0.05, 0.1) is 19.2 Å². The second-order valence-electron chi connectivity index (χ2n) is 6.25. The number of hydrogen-bond acceptors (Lipinski definition) is 4. The number of halogens is 3. The molecule has 1 amide bonds. The predicted octanol–water partition coefficient (Wildman–Crippen LogP) is 3.50. The second kappa shape index (κ2) is 6.70. The van der Waals surface area contributed by atoms with Gasteiger partial charge in [-0.05, 0) is 36.8 Å². The molecule has 0 saturated heterocycles. The zero-order valence-electron chi connectivity index (χ0n) is 14.6. The number of rotatable bonds is 3. The molecule has 0 aromatic heterocycles. The summed E-state index contributed by atoms with van der Waals surface area (Å²) in [6, 6.07) is 12.2. The van der Waals surface area contributed by atoms with Crippen LogP contribution in [0.15, 0.2) is 53.6 Å². The Balaban J connectivity index is 2.01. The molecule has 0 bridgehead atoms. The van der Waals surface area contributed by atoms with E-state index in [1.54, 1.807) is 24.3 Å². The van der Waals surface area contributed by atoms with Gasteiger partial charge in [0.1, 0.15) is 5.75 Å². The first-order chi connectivity index (χ1) is 12.7. The summed E-state index contributed by atoms with van der Waals surface area (Å²) in [5.74, 6) is -0.609. The molecule has 142 valence electrons. The Labute approximate surface area is 153 Å². The molecule has 8 heteroatoms. The maximum Gasteiger partial charge on any atom is 0.438 e. The van der Waals surface area contributed by atoms with Gasteiger partial charge in [-0.2, -0.15) is 23.3 Å². The number of hydrazone groups is 1. The minimum atomic E-state index is -5.08. The van der Waals surface area contributed by atoms with Crippen molar-refractivity contribution < 1.29 is 27.8 Å². The minimum absolute atomic E-state index is 0.0170. The Morgan fingerprint density at radius 1 is 1.15 bits per heavy atom. The smallest absolute Gasteiger partial charge is 0.438 e. The lowest BCUT2D eigenvalue weighted by molar-refractivity contribution is -0.297. The third-order valence-corrected chi connectivity index (χ3v) is 4.35. The number of aryl methyl sites for hydroxylation is 1.